The van der Waals surface area contributed by atoms with Gasteiger partial charge < -0.3 is 33.8 Å². The number of esters is 4. The fourth-order valence-corrected chi connectivity index (χ4v) is 14.0. The molecule has 17 nitrogen and oxygen atoms in total. The molecule has 0 aliphatic rings. The minimum Gasteiger partial charge on any atom is -0.462 e. The van der Waals surface area contributed by atoms with Crippen LogP contribution in [0.3, 0.4) is 0 Å². The highest BCUT2D eigenvalue weighted by atomic mass is 31.2. The molecule has 99 heavy (non-hydrogen) atoms. The number of rotatable bonds is 80. The predicted molar refractivity (Wildman–Crippen MR) is 405 cm³/mol. The molecule has 0 saturated carbocycles. The van der Waals surface area contributed by atoms with Crippen LogP contribution in [0.4, 0.5) is 0 Å². The normalized spacial score (nSPS) is 13.9. The molecule has 0 spiro atoms. The average Bonchev–Trinajstić information content (AvgIpc) is 1.59. The van der Waals surface area contributed by atoms with Crippen LogP contribution in [0, 0.1) is 5.92 Å². The Hall–Kier alpha value is -1.94. The molecule has 2 unspecified atom stereocenters. The SMILES string of the molecule is CCCCCCCCCCCCCCCCCCCC(=O)O[C@H](COC(=O)CCCCCCCCCCCCCCC(C)C)COP(=O)(O)OC[C@@H](O)COP(=O)(O)OC[C@@H](COC(=O)CCCCCCCCCCCCCCC)OC(=O)CCCCCCCCCCCCCCCC. The Morgan fingerprint density at radius 3 is 0.687 bits per heavy atom. The summed E-state index contributed by atoms with van der Waals surface area (Å²) in [5.74, 6) is -1.32. The van der Waals surface area contributed by atoms with Gasteiger partial charge in [-0.1, -0.05) is 375 Å². The summed E-state index contributed by atoms with van der Waals surface area (Å²) in [5, 5.41) is 10.6. The largest absolute Gasteiger partial charge is 0.472 e. The van der Waals surface area contributed by atoms with Crippen molar-refractivity contribution in [3.63, 3.8) is 0 Å². The molecule has 0 aliphatic carbocycles. The number of aliphatic hydroxyl groups excluding tert-OH is 1. The molecule has 0 heterocycles. The summed E-state index contributed by atoms with van der Waals surface area (Å²) in [7, 11) is -9.92. The molecule has 0 aromatic carbocycles. The minimum atomic E-state index is -4.96. The third kappa shape index (κ3) is 74.1. The molecule has 0 bridgehead atoms. The zero-order valence-electron chi connectivity index (χ0n) is 64.6. The number of phosphoric ester groups is 2. The van der Waals surface area contributed by atoms with Crippen molar-refractivity contribution in [3.8, 4) is 0 Å². The molecule has 5 atom stereocenters. The van der Waals surface area contributed by atoms with E-state index in [4.69, 9.17) is 37.0 Å². The summed E-state index contributed by atoms with van der Waals surface area (Å²) in [6.45, 7) is 7.35. The van der Waals surface area contributed by atoms with E-state index in [1.54, 1.807) is 0 Å². The first-order valence-electron chi connectivity index (χ1n) is 41.6. The quantitative estimate of drug-likeness (QED) is 0.0222. The zero-order chi connectivity index (χ0) is 72.7. The van der Waals surface area contributed by atoms with E-state index >= 15 is 0 Å². The number of hydrogen-bond donors (Lipinski definition) is 3. The lowest BCUT2D eigenvalue weighted by Crippen LogP contribution is -2.30. The molecular formula is C80H156O17P2. The maximum absolute atomic E-state index is 13.1. The van der Waals surface area contributed by atoms with Crippen molar-refractivity contribution in [2.24, 2.45) is 5.92 Å². The second kappa shape index (κ2) is 73.0. The van der Waals surface area contributed by atoms with Crippen molar-refractivity contribution in [3.05, 3.63) is 0 Å². The molecule has 0 radical (unpaired) electrons. The first kappa shape index (κ1) is 97.1. The van der Waals surface area contributed by atoms with Crippen LogP contribution < -0.4 is 0 Å². The van der Waals surface area contributed by atoms with Crippen LogP contribution in [0.5, 0.6) is 0 Å². The second-order valence-corrected chi connectivity index (χ2v) is 32.2. The van der Waals surface area contributed by atoms with Gasteiger partial charge in [-0.15, -0.1) is 0 Å². The lowest BCUT2D eigenvalue weighted by Gasteiger charge is -2.21. The Morgan fingerprint density at radius 2 is 0.465 bits per heavy atom. The highest BCUT2D eigenvalue weighted by Crippen LogP contribution is 2.45. The summed E-state index contributed by atoms with van der Waals surface area (Å²) >= 11 is 0. The first-order valence-corrected chi connectivity index (χ1v) is 44.6. The van der Waals surface area contributed by atoms with Crippen LogP contribution >= 0.6 is 15.6 Å². The van der Waals surface area contributed by atoms with E-state index in [0.717, 1.165) is 95.8 Å². The van der Waals surface area contributed by atoms with Crippen LogP contribution in [0.1, 0.15) is 426 Å². The van der Waals surface area contributed by atoms with Crippen molar-refractivity contribution in [2.45, 2.75) is 445 Å². The molecule has 588 valence electrons. The van der Waals surface area contributed by atoms with E-state index in [0.29, 0.717) is 25.7 Å². The van der Waals surface area contributed by atoms with Gasteiger partial charge in [-0.25, -0.2) is 9.13 Å². The van der Waals surface area contributed by atoms with Gasteiger partial charge in [-0.2, -0.15) is 0 Å². The van der Waals surface area contributed by atoms with Crippen LogP contribution in [0.25, 0.3) is 0 Å². The van der Waals surface area contributed by atoms with E-state index in [1.165, 1.54) is 250 Å². The molecule has 0 amide bonds. The lowest BCUT2D eigenvalue weighted by molar-refractivity contribution is -0.161. The van der Waals surface area contributed by atoms with E-state index in [1.807, 2.05) is 0 Å². The van der Waals surface area contributed by atoms with Gasteiger partial charge in [-0.05, 0) is 31.6 Å². The van der Waals surface area contributed by atoms with Crippen molar-refractivity contribution in [2.75, 3.05) is 39.6 Å². The molecule has 19 heteroatoms. The topological polar surface area (TPSA) is 237 Å². The van der Waals surface area contributed by atoms with Crippen LogP contribution in [-0.2, 0) is 65.4 Å². The lowest BCUT2D eigenvalue weighted by atomic mass is 10.0. The zero-order valence-corrected chi connectivity index (χ0v) is 66.4. The number of carbonyl (C=O) groups excluding carboxylic acids is 4. The standard InChI is InChI=1S/C80H156O17P2/c1-6-9-12-15-18-21-24-27-29-30-31-34-41-46-51-56-61-66-80(85)97-76(70-91-78(83)64-59-54-49-44-39-36-35-37-42-47-52-57-62-73(4)5)72-95-99(88,89)93-68-74(81)67-92-98(86,87)94-71-75(69-90-77(82)63-58-53-48-43-38-32-26-23-20-17-14-11-8-3)96-79(84)65-60-55-50-45-40-33-28-25-22-19-16-13-10-7-2/h73-76,81H,6-72H2,1-5H3,(H,86,87)(H,88,89)/t74-,75+,76+/m0/s1. The van der Waals surface area contributed by atoms with Gasteiger partial charge in [0.25, 0.3) is 0 Å². The van der Waals surface area contributed by atoms with Gasteiger partial charge in [-0.3, -0.25) is 37.3 Å². The molecule has 0 aromatic heterocycles. The van der Waals surface area contributed by atoms with Crippen LogP contribution in [-0.4, -0.2) is 96.7 Å². The fourth-order valence-electron chi connectivity index (χ4n) is 12.4. The van der Waals surface area contributed by atoms with Gasteiger partial charge in [0.2, 0.25) is 0 Å². The van der Waals surface area contributed by atoms with Gasteiger partial charge in [0.05, 0.1) is 26.4 Å². The smallest absolute Gasteiger partial charge is 0.462 e. The van der Waals surface area contributed by atoms with Gasteiger partial charge in [0.15, 0.2) is 12.2 Å². The number of carbonyl (C=O) groups is 4. The highest BCUT2D eigenvalue weighted by Gasteiger charge is 2.30. The minimum absolute atomic E-state index is 0.109. The molecule has 0 saturated heterocycles. The average molecular weight is 1450 g/mol. The first-order chi connectivity index (χ1) is 48.0. The fraction of sp³-hybridized carbons (Fsp3) is 0.950. The summed E-state index contributed by atoms with van der Waals surface area (Å²) in [4.78, 5) is 73.0. The molecular weight excluding hydrogens is 1290 g/mol. The van der Waals surface area contributed by atoms with Crippen molar-refractivity contribution < 1.29 is 80.2 Å². The highest BCUT2D eigenvalue weighted by molar-refractivity contribution is 7.47. The Morgan fingerprint density at radius 1 is 0.273 bits per heavy atom. The molecule has 3 N–H and O–H groups in total. The van der Waals surface area contributed by atoms with E-state index in [9.17, 15) is 43.2 Å². The van der Waals surface area contributed by atoms with Gasteiger partial charge >= 0.3 is 39.5 Å². The van der Waals surface area contributed by atoms with Gasteiger partial charge in [0.1, 0.15) is 19.3 Å². The second-order valence-electron chi connectivity index (χ2n) is 29.3. The molecule has 0 aliphatic heterocycles. The van der Waals surface area contributed by atoms with Crippen molar-refractivity contribution >= 4 is 39.5 Å². The van der Waals surface area contributed by atoms with Crippen molar-refractivity contribution in [1.82, 2.24) is 0 Å². The maximum atomic E-state index is 13.1. The molecule has 0 fully saturated rings. The Labute approximate surface area is 607 Å². The maximum Gasteiger partial charge on any atom is 0.472 e. The summed E-state index contributed by atoms with van der Waals surface area (Å²) in [6.07, 6.45) is 63.6. The van der Waals surface area contributed by atoms with E-state index in [2.05, 4.69) is 34.6 Å². The Bertz CT molecular complexity index is 1890. The van der Waals surface area contributed by atoms with Crippen molar-refractivity contribution in [1.29, 1.82) is 0 Å². The summed E-state index contributed by atoms with van der Waals surface area (Å²) < 4.78 is 68.7. The monoisotopic (exact) mass is 1450 g/mol. The number of unbranched alkanes of at least 4 members (excludes halogenated alkanes) is 52. The number of ether oxygens (including phenoxy) is 4. The van der Waals surface area contributed by atoms with Crippen LogP contribution in [0.2, 0.25) is 0 Å². The van der Waals surface area contributed by atoms with E-state index in [-0.39, 0.29) is 25.7 Å². The predicted octanol–water partition coefficient (Wildman–Crippen LogP) is 24.0. The van der Waals surface area contributed by atoms with Gasteiger partial charge in [0, 0.05) is 25.7 Å². The third-order valence-corrected chi connectivity index (χ3v) is 20.7. The van der Waals surface area contributed by atoms with E-state index < -0.39 is 97.5 Å². The summed E-state index contributed by atoms with van der Waals surface area (Å²) in [5.41, 5.74) is 0. The Kier molecular flexibility index (Phi) is 71.6. The Balaban J connectivity index is 5.26. The summed E-state index contributed by atoms with van der Waals surface area (Å²) in [6, 6.07) is 0. The van der Waals surface area contributed by atoms with Crippen LogP contribution in [0.15, 0.2) is 0 Å². The molecule has 0 rings (SSSR count). The number of aliphatic hydroxyl groups is 1. The third-order valence-electron chi connectivity index (χ3n) is 18.8. The molecule has 0 aromatic rings. The number of hydrogen-bond acceptors (Lipinski definition) is 15. The number of phosphoric acid groups is 2.